The first-order chi connectivity index (χ1) is 10.8. The Balaban J connectivity index is 1.98. The third-order valence-electron chi connectivity index (χ3n) is 3.69. The van der Waals surface area contributed by atoms with Gasteiger partial charge < -0.3 is 9.47 Å². The summed E-state index contributed by atoms with van der Waals surface area (Å²) < 4.78 is 10.7. The lowest BCUT2D eigenvalue weighted by Crippen LogP contribution is -2.03. The van der Waals surface area contributed by atoms with Gasteiger partial charge in [-0.2, -0.15) is 10.1 Å². The van der Waals surface area contributed by atoms with E-state index in [1.165, 1.54) is 6.33 Å². The van der Waals surface area contributed by atoms with Gasteiger partial charge in [-0.25, -0.2) is 15.0 Å². The maximum Gasteiger partial charge on any atom is 0.228 e. The van der Waals surface area contributed by atoms with Gasteiger partial charge in [0.25, 0.3) is 0 Å². The molecule has 1 aliphatic rings. The second kappa shape index (κ2) is 4.90. The summed E-state index contributed by atoms with van der Waals surface area (Å²) in [6.45, 7) is 0. The van der Waals surface area contributed by atoms with Gasteiger partial charge in [-0.1, -0.05) is 0 Å². The van der Waals surface area contributed by atoms with Crippen LogP contribution in [0.5, 0.6) is 11.8 Å². The minimum Gasteiger partial charge on any atom is -0.480 e. The molecule has 0 unspecified atom stereocenters. The summed E-state index contributed by atoms with van der Waals surface area (Å²) in [6.07, 6.45) is 5.37. The highest BCUT2D eigenvalue weighted by atomic mass is 16.5. The average molecular weight is 298 g/mol. The first-order valence-corrected chi connectivity index (χ1v) is 6.96. The molecule has 1 N–H and O–H groups in total. The maximum atomic E-state index is 5.39. The molecule has 0 aliphatic heterocycles. The van der Waals surface area contributed by atoms with Gasteiger partial charge >= 0.3 is 0 Å². The molecule has 0 bridgehead atoms. The molecule has 0 radical (unpaired) electrons. The van der Waals surface area contributed by atoms with Crippen LogP contribution in [0.15, 0.2) is 12.5 Å². The van der Waals surface area contributed by atoms with Crippen LogP contribution in [0, 0.1) is 0 Å². The number of ether oxygens (including phenoxy) is 2. The summed E-state index contributed by atoms with van der Waals surface area (Å²) in [7, 11) is 3.15. The van der Waals surface area contributed by atoms with Crippen molar-refractivity contribution in [1.82, 2.24) is 30.1 Å². The molecule has 0 atom stereocenters. The van der Waals surface area contributed by atoms with Crippen LogP contribution in [-0.4, -0.2) is 44.4 Å². The molecule has 22 heavy (non-hydrogen) atoms. The predicted molar refractivity (Wildman–Crippen MR) is 77.8 cm³/mol. The molecule has 0 saturated heterocycles. The van der Waals surface area contributed by atoms with Gasteiger partial charge in [-0.05, 0) is 12.8 Å². The quantitative estimate of drug-likeness (QED) is 0.782. The number of fused-ring (bicyclic) bond motifs is 1. The number of nitrogens with one attached hydrogen (secondary N) is 1. The molecule has 1 fully saturated rings. The molecule has 3 aromatic heterocycles. The monoisotopic (exact) mass is 298 g/mol. The number of hydrogen-bond donors (Lipinski definition) is 1. The summed E-state index contributed by atoms with van der Waals surface area (Å²) >= 11 is 0. The van der Waals surface area contributed by atoms with Crippen molar-refractivity contribution in [3.05, 3.63) is 18.2 Å². The van der Waals surface area contributed by atoms with E-state index in [0.717, 1.165) is 29.5 Å². The molecule has 0 amide bonds. The normalized spacial score (nSPS) is 14.3. The standard InChI is InChI=1S/C14H14N6O2/c1-21-13-8-5-17-20-11(8)18-12(19-13)9-10(7-3-4-7)15-6-16-14(9)22-2/h5-7H,3-4H2,1-2H3,(H,17,18,19,20). The predicted octanol–water partition coefficient (Wildman–Crippen LogP) is 1.70. The fourth-order valence-corrected chi connectivity index (χ4v) is 2.49. The van der Waals surface area contributed by atoms with Gasteiger partial charge in [-0.15, -0.1) is 0 Å². The highest BCUT2D eigenvalue weighted by Gasteiger charge is 2.31. The van der Waals surface area contributed by atoms with Crippen LogP contribution < -0.4 is 9.47 Å². The van der Waals surface area contributed by atoms with Crippen LogP contribution in [-0.2, 0) is 0 Å². The number of rotatable bonds is 4. The van der Waals surface area contributed by atoms with Crippen molar-refractivity contribution in [2.45, 2.75) is 18.8 Å². The summed E-state index contributed by atoms with van der Waals surface area (Å²) in [5.74, 6) is 1.83. The number of nitrogens with zero attached hydrogens (tertiary/aromatic N) is 5. The molecule has 1 saturated carbocycles. The number of H-pyrrole nitrogens is 1. The number of hydrogen-bond acceptors (Lipinski definition) is 7. The van der Waals surface area contributed by atoms with Crippen LogP contribution in [0.3, 0.4) is 0 Å². The Morgan fingerprint density at radius 2 is 1.91 bits per heavy atom. The lowest BCUT2D eigenvalue weighted by atomic mass is 10.1. The Morgan fingerprint density at radius 1 is 1.09 bits per heavy atom. The molecule has 0 spiro atoms. The topological polar surface area (TPSA) is 98.7 Å². The van der Waals surface area contributed by atoms with E-state index in [9.17, 15) is 0 Å². The Bertz CT molecular complexity index is 842. The van der Waals surface area contributed by atoms with Gasteiger partial charge in [0.2, 0.25) is 11.8 Å². The summed E-state index contributed by atoms with van der Waals surface area (Å²) in [5.41, 5.74) is 2.25. The third kappa shape index (κ3) is 1.95. The van der Waals surface area contributed by atoms with Gasteiger partial charge in [0, 0.05) is 5.92 Å². The van der Waals surface area contributed by atoms with E-state index in [0.29, 0.717) is 29.1 Å². The molecule has 3 aromatic rings. The molecule has 8 heteroatoms. The zero-order valence-corrected chi connectivity index (χ0v) is 12.2. The molecule has 112 valence electrons. The van der Waals surface area contributed by atoms with Crippen LogP contribution >= 0.6 is 0 Å². The van der Waals surface area contributed by atoms with E-state index >= 15 is 0 Å². The van der Waals surface area contributed by atoms with Crippen molar-refractivity contribution in [3.63, 3.8) is 0 Å². The molecule has 1 aliphatic carbocycles. The van der Waals surface area contributed by atoms with Crippen LogP contribution in [0.25, 0.3) is 22.4 Å². The van der Waals surface area contributed by atoms with E-state index in [1.54, 1.807) is 20.4 Å². The fraction of sp³-hybridized carbons (Fsp3) is 0.357. The minimum atomic E-state index is 0.416. The van der Waals surface area contributed by atoms with E-state index in [4.69, 9.17) is 9.47 Å². The van der Waals surface area contributed by atoms with Crippen LogP contribution in [0.2, 0.25) is 0 Å². The largest absolute Gasteiger partial charge is 0.480 e. The van der Waals surface area contributed by atoms with E-state index < -0.39 is 0 Å². The Morgan fingerprint density at radius 3 is 2.64 bits per heavy atom. The summed E-state index contributed by atoms with van der Waals surface area (Å²) in [4.78, 5) is 17.6. The van der Waals surface area contributed by atoms with Gasteiger partial charge in [0.15, 0.2) is 11.5 Å². The maximum absolute atomic E-state index is 5.39. The molecule has 4 rings (SSSR count). The lowest BCUT2D eigenvalue weighted by Gasteiger charge is -2.11. The Labute approximate surface area is 125 Å². The van der Waals surface area contributed by atoms with Gasteiger partial charge in [0.1, 0.15) is 17.3 Å². The molecular weight excluding hydrogens is 284 g/mol. The average Bonchev–Trinajstić information content (AvgIpc) is 3.30. The number of aromatic amines is 1. The Hall–Kier alpha value is -2.77. The number of methoxy groups -OCH3 is 2. The van der Waals surface area contributed by atoms with Crippen LogP contribution in [0.1, 0.15) is 24.5 Å². The fourth-order valence-electron chi connectivity index (χ4n) is 2.49. The highest BCUT2D eigenvalue weighted by Crippen LogP contribution is 2.45. The molecule has 8 nitrogen and oxygen atoms in total. The van der Waals surface area contributed by atoms with Gasteiger partial charge in [-0.3, -0.25) is 5.10 Å². The van der Waals surface area contributed by atoms with Gasteiger partial charge in [0.05, 0.1) is 26.1 Å². The SMILES string of the molecule is COc1ncnc(C2CC2)c1-c1nc(OC)c2cn[nH]c2n1. The number of aromatic nitrogens is 6. The molecule has 3 heterocycles. The zero-order chi connectivity index (χ0) is 15.1. The Kier molecular flexibility index (Phi) is 2.88. The van der Waals surface area contributed by atoms with Crippen molar-refractivity contribution in [2.24, 2.45) is 0 Å². The van der Waals surface area contributed by atoms with Crippen molar-refractivity contribution >= 4 is 11.0 Å². The third-order valence-corrected chi connectivity index (χ3v) is 3.69. The highest BCUT2D eigenvalue weighted by molar-refractivity contribution is 5.82. The van der Waals surface area contributed by atoms with Crippen molar-refractivity contribution < 1.29 is 9.47 Å². The zero-order valence-electron chi connectivity index (χ0n) is 12.2. The van der Waals surface area contributed by atoms with E-state index in [-0.39, 0.29) is 0 Å². The molecular formula is C14H14N6O2. The van der Waals surface area contributed by atoms with Crippen molar-refractivity contribution in [2.75, 3.05) is 14.2 Å². The van der Waals surface area contributed by atoms with E-state index in [1.807, 2.05) is 0 Å². The smallest absolute Gasteiger partial charge is 0.228 e. The van der Waals surface area contributed by atoms with Crippen molar-refractivity contribution in [3.8, 4) is 23.1 Å². The second-order valence-corrected chi connectivity index (χ2v) is 5.11. The van der Waals surface area contributed by atoms with Crippen molar-refractivity contribution in [1.29, 1.82) is 0 Å². The second-order valence-electron chi connectivity index (χ2n) is 5.11. The first kappa shape index (κ1) is 12.9. The summed E-state index contributed by atoms with van der Waals surface area (Å²) in [5, 5.41) is 7.56. The van der Waals surface area contributed by atoms with E-state index in [2.05, 4.69) is 30.1 Å². The lowest BCUT2D eigenvalue weighted by molar-refractivity contribution is 0.395. The summed E-state index contributed by atoms with van der Waals surface area (Å²) in [6, 6.07) is 0. The molecule has 0 aromatic carbocycles. The minimum absolute atomic E-state index is 0.416. The first-order valence-electron chi connectivity index (χ1n) is 6.96. The van der Waals surface area contributed by atoms with Crippen LogP contribution in [0.4, 0.5) is 0 Å².